The van der Waals surface area contributed by atoms with E-state index in [1.165, 1.54) is 0 Å². The van der Waals surface area contributed by atoms with Crippen LogP contribution in [0.5, 0.6) is 0 Å². The Morgan fingerprint density at radius 2 is 2.24 bits per heavy atom. The van der Waals surface area contributed by atoms with Gasteiger partial charge in [-0.05, 0) is 44.5 Å². The predicted molar refractivity (Wildman–Crippen MR) is 93.1 cm³/mol. The van der Waals surface area contributed by atoms with Crippen LogP contribution in [-0.2, 0) is 4.79 Å². The monoisotopic (exact) mass is 375 g/mol. The van der Waals surface area contributed by atoms with Crippen LogP contribution in [0.3, 0.4) is 0 Å². The van der Waals surface area contributed by atoms with Crippen LogP contribution in [0.25, 0.3) is 0 Å². The molecule has 4 nitrogen and oxygen atoms in total. The predicted octanol–water partition coefficient (Wildman–Crippen LogP) is 2.79. The fourth-order valence-corrected chi connectivity index (χ4v) is 2.90. The van der Waals surface area contributed by atoms with Crippen LogP contribution in [0.4, 0.5) is 5.69 Å². The molecule has 0 aromatic heterocycles. The SMILES string of the molecule is C[C@H]1C[C@@H](C(=O)NCCNc2cccc(Br)c2)CCN1.Cl. The summed E-state index contributed by atoms with van der Waals surface area (Å²) in [5.74, 6) is 0.353. The first kappa shape index (κ1) is 18.3. The molecule has 6 heteroatoms. The molecular weight excluding hydrogens is 354 g/mol. The lowest BCUT2D eigenvalue weighted by Gasteiger charge is -2.27. The Morgan fingerprint density at radius 3 is 2.95 bits per heavy atom. The van der Waals surface area contributed by atoms with Gasteiger partial charge in [0.1, 0.15) is 0 Å². The zero-order chi connectivity index (χ0) is 14.4. The van der Waals surface area contributed by atoms with Gasteiger partial charge in [-0.1, -0.05) is 22.0 Å². The van der Waals surface area contributed by atoms with Gasteiger partial charge in [-0.15, -0.1) is 12.4 Å². The molecule has 2 atom stereocenters. The molecule has 3 N–H and O–H groups in total. The second-order valence-corrected chi connectivity index (χ2v) is 6.22. The molecule has 2 rings (SSSR count). The van der Waals surface area contributed by atoms with Crippen molar-refractivity contribution in [3.05, 3.63) is 28.7 Å². The number of piperidine rings is 1. The van der Waals surface area contributed by atoms with Crippen LogP contribution in [-0.4, -0.2) is 31.6 Å². The van der Waals surface area contributed by atoms with Crippen LogP contribution in [0.2, 0.25) is 0 Å². The Labute approximate surface area is 141 Å². The number of halogens is 2. The molecule has 1 aromatic carbocycles. The molecule has 0 aliphatic carbocycles. The minimum atomic E-state index is 0. The first-order chi connectivity index (χ1) is 9.65. The molecule has 0 spiro atoms. The number of nitrogens with one attached hydrogen (secondary N) is 3. The number of hydrogen-bond acceptors (Lipinski definition) is 3. The summed E-state index contributed by atoms with van der Waals surface area (Å²) >= 11 is 3.44. The molecule has 1 aromatic rings. The average Bonchev–Trinajstić information content (AvgIpc) is 2.43. The zero-order valence-electron chi connectivity index (χ0n) is 12.2. The first-order valence-electron chi connectivity index (χ1n) is 7.15. The van der Waals surface area contributed by atoms with Crippen molar-refractivity contribution >= 4 is 39.9 Å². The third kappa shape index (κ3) is 6.24. The Balaban J connectivity index is 0.00000220. The normalized spacial score (nSPS) is 21.2. The lowest BCUT2D eigenvalue weighted by Crippen LogP contribution is -2.43. The van der Waals surface area contributed by atoms with E-state index in [9.17, 15) is 4.79 Å². The van der Waals surface area contributed by atoms with Gasteiger partial charge in [-0.3, -0.25) is 4.79 Å². The smallest absolute Gasteiger partial charge is 0.223 e. The second-order valence-electron chi connectivity index (χ2n) is 5.30. The second kappa shape index (κ2) is 9.28. The molecule has 21 heavy (non-hydrogen) atoms. The number of amides is 1. The van der Waals surface area contributed by atoms with Gasteiger partial charge in [0.2, 0.25) is 5.91 Å². The van der Waals surface area contributed by atoms with Crippen molar-refractivity contribution in [1.29, 1.82) is 0 Å². The van der Waals surface area contributed by atoms with Gasteiger partial charge in [0.05, 0.1) is 0 Å². The van der Waals surface area contributed by atoms with Gasteiger partial charge in [0.15, 0.2) is 0 Å². The highest BCUT2D eigenvalue weighted by Crippen LogP contribution is 2.16. The van der Waals surface area contributed by atoms with E-state index in [-0.39, 0.29) is 24.2 Å². The Bertz CT molecular complexity index is 458. The number of rotatable bonds is 5. The van der Waals surface area contributed by atoms with Crippen molar-refractivity contribution in [2.75, 3.05) is 25.0 Å². The molecule has 0 saturated carbocycles. The van der Waals surface area contributed by atoms with E-state index < -0.39 is 0 Å². The van der Waals surface area contributed by atoms with Crippen LogP contribution in [0.15, 0.2) is 28.7 Å². The maximum absolute atomic E-state index is 12.0. The average molecular weight is 377 g/mol. The van der Waals surface area contributed by atoms with Crippen molar-refractivity contribution < 1.29 is 4.79 Å². The van der Waals surface area contributed by atoms with E-state index in [1.54, 1.807) is 0 Å². The van der Waals surface area contributed by atoms with Crippen LogP contribution >= 0.6 is 28.3 Å². The maximum atomic E-state index is 12.0. The van der Waals surface area contributed by atoms with E-state index in [0.717, 1.165) is 36.1 Å². The Morgan fingerprint density at radius 1 is 1.43 bits per heavy atom. The molecule has 1 heterocycles. The van der Waals surface area contributed by atoms with Gasteiger partial charge in [0.25, 0.3) is 0 Å². The fraction of sp³-hybridized carbons (Fsp3) is 0.533. The van der Waals surface area contributed by atoms with Crippen molar-refractivity contribution in [2.24, 2.45) is 5.92 Å². The van der Waals surface area contributed by atoms with Gasteiger partial charge in [-0.25, -0.2) is 0 Å². The molecular formula is C15H23BrClN3O. The van der Waals surface area contributed by atoms with Crippen LogP contribution < -0.4 is 16.0 Å². The van der Waals surface area contributed by atoms with Crippen molar-refractivity contribution in [2.45, 2.75) is 25.8 Å². The van der Waals surface area contributed by atoms with Crippen molar-refractivity contribution in [3.8, 4) is 0 Å². The molecule has 1 saturated heterocycles. The summed E-state index contributed by atoms with van der Waals surface area (Å²) in [5.41, 5.74) is 1.06. The highest BCUT2D eigenvalue weighted by Gasteiger charge is 2.24. The minimum absolute atomic E-state index is 0. The molecule has 0 radical (unpaired) electrons. The lowest BCUT2D eigenvalue weighted by molar-refractivity contribution is -0.125. The quantitative estimate of drug-likeness (QED) is 0.693. The number of carbonyl (C=O) groups is 1. The molecule has 0 bridgehead atoms. The molecule has 118 valence electrons. The number of hydrogen-bond donors (Lipinski definition) is 3. The van der Waals surface area contributed by atoms with Gasteiger partial charge in [-0.2, -0.15) is 0 Å². The molecule has 1 fully saturated rings. The summed E-state index contributed by atoms with van der Waals surface area (Å²) < 4.78 is 1.05. The summed E-state index contributed by atoms with van der Waals surface area (Å²) in [7, 11) is 0. The largest absolute Gasteiger partial charge is 0.383 e. The van der Waals surface area contributed by atoms with Crippen LogP contribution in [0, 0.1) is 5.92 Å². The van der Waals surface area contributed by atoms with Crippen LogP contribution in [0.1, 0.15) is 19.8 Å². The van der Waals surface area contributed by atoms with E-state index in [1.807, 2.05) is 24.3 Å². The highest BCUT2D eigenvalue weighted by atomic mass is 79.9. The molecule has 1 aliphatic rings. The summed E-state index contributed by atoms with van der Waals surface area (Å²) in [6, 6.07) is 8.46. The van der Waals surface area contributed by atoms with Gasteiger partial charge < -0.3 is 16.0 Å². The number of anilines is 1. The zero-order valence-corrected chi connectivity index (χ0v) is 14.6. The Kier molecular flexibility index (Phi) is 8.07. The van der Waals surface area contributed by atoms with E-state index >= 15 is 0 Å². The number of benzene rings is 1. The summed E-state index contributed by atoms with van der Waals surface area (Å²) in [5, 5.41) is 9.68. The lowest BCUT2D eigenvalue weighted by atomic mass is 9.92. The Hall–Kier alpha value is -0.780. The third-order valence-corrected chi connectivity index (χ3v) is 4.07. The van der Waals surface area contributed by atoms with E-state index in [0.29, 0.717) is 12.6 Å². The fourth-order valence-electron chi connectivity index (χ4n) is 2.51. The van der Waals surface area contributed by atoms with Crippen molar-refractivity contribution in [3.63, 3.8) is 0 Å². The van der Waals surface area contributed by atoms with E-state index in [4.69, 9.17) is 0 Å². The van der Waals surface area contributed by atoms with Gasteiger partial charge in [0, 0.05) is 35.2 Å². The van der Waals surface area contributed by atoms with E-state index in [2.05, 4.69) is 38.8 Å². The third-order valence-electron chi connectivity index (χ3n) is 3.57. The molecule has 0 unspecified atom stereocenters. The summed E-state index contributed by atoms with van der Waals surface area (Å²) in [4.78, 5) is 12.0. The molecule has 1 amide bonds. The highest BCUT2D eigenvalue weighted by molar-refractivity contribution is 9.10. The standard InChI is InChI=1S/C15H22BrN3O.ClH/c1-11-9-12(5-6-17-11)15(20)19-8-7-18-14-4-2-3-13(16)10-14;/h2-4,10-12,17-18H,5-9H2,1H3,(H,19,20);1H/t11-,12-;/m0./s1. The van der Waals surface area contributed by atoms with Gasteiger partial charge >= 0.3 is 0 Å². The topological polar surface area (TPSA) is 53.2 Å². The number of carbonyl (C=O) groups excluding carboxylic acids is 1. The summed E-state index contributed by atoms with van der Waals surface area (Å²) in [6.45, 7) is 4.47. The first-order valence-corrected chi connectivity index (χ1v) is 7.95. The van der Waals surface area contributed by atoms with Crippen molar-refractivity contribution in [1.82, 2.24) is 10.6 Å². The molecule has 1 aliphatic heterocycles. The summed E-state index contributed by atoms with van der Waals surface area (Å²) in [6.07, 6.45) is 1.88. The maximum Gasteiger partial charge on any atom is 0.223 e. The minimum Gasteiger partial charge on any atom is -0.383 e.